The molecule has 1 aromatic rings. The average molecular weight is 527 g/mol. The van der Waals surface area contributed by atoms with Gasteiger partial charge in [0.1, 0.15) is 18.1 Å². The first kappa shape index (κ1) is 30.5. The summed E-state index contributed by atoms with van der Waals surface area (Å²) >= 11 is 0. The molecule has 17 nitrogen and oxygen atoms in total. The zero-order valence-corrected chi connectivity index (χ0v) is 19.6. The predicted octanol–water partition coefficient (Wildman–Crippen LogP) is -4.18. The number of amides is 5. The number of hydrogen-bond acceptors (Lipinski definition) is 9. The highest BCUT2D eigenvalue weighted by Crippen LogP contribution is 2.05. The first-order valence-electron chi connectivity index (χ1n) is 10.9. The Morgan fingerprint density at radius 1 is 0.838 bits per heavy atom. The Morgan fingerprint density at radius 3 is 1.89 bits per heavy atom. The lowest BCUT2D eigenvalue weighted by atomic mass is 10.1. The molecular formula is C20H30N8O9. The summed E-state index contributed by atoms with van der Waals surface area (Å²) in [6.45, 7) is 0. The van der Waals surface area contributed by atoms with E-state index in [1.54, 1.807) is 0 Å². The fraction of sp³-hybridized carbons (Fsp3) is 0.500. The van der Waals surface area contributed by atoms with E-state index in [0.717, 1.165) is 0 Å². The number of nitrogens with one attached hydrogen (secondary N) is 4. The number of aromatic amines is 1. The summed E-state index contributed by atoms with van der Waals surface area (Å²) in [5.74, 6) is -7.50. The summed E-state index contributed by atoms with van der Waals surface area (Å²) in [4.78, 5) is 89.3. The number of aromatic nitrogens is 2. The van der Waals surface area contributed by atoms with Crippen LogP contribution in [0.5, 0.6) is 0 Å². The van der Waals surface area contributed by atoms with E-state index in [1.807, 2.05) is 0 Å². The smallest absolute Gasteiger partial charge is 0.326 e. The maximum absolute atomic E-state index is 12.9. The number of hydrogen-bond donors (Lipinski definition) is 9. The van der Waals surface area contributed by atoms with Crippen molar-refractivity contribution in [3.8, 4) is 0 Å². The van der Waals surface area contributed by atoms with Gasteiger partial charge < -0.3 is 48.3 Å². The van der Waals surface area contributed by atoms with E-state index in [4.69, 9.17) is 17.2 Å². The van der Waals surface area contributed by atoms with E-state index < -0.39 is 72.1 Å². The minimum atomic E-state index is -1.75. The molecule has 0 aliphatic carbocycles. The summed E-state index contributed by atoms with van der Waals surface area (Å²) in [7, 11) is 0. The first-order chi connectivity index (χ1) is 17.3. The molecule has 4 unspecified atom stereocenters. The second kappa shape index (κ2) is 14.8. The second-order valence-electron chi connectivity index (χ2n) is 8.02. The topological polar surface area (TPSA) is 303 Å². The highest BCUT2D eigenvalue weighted by atomic mass is 16.4. The highest BCUT2D eigenvalue weighted by molar-refractivity contribution is 5.96. The van der Waals surface area contributed by atoms with Gasteiger partial charge in [-0.05, 0) is 12.8 Å². The molecule has 0 spiro atoms. The Labute approximate surface area is 209 Å². The van der Waals surface area contributed by atoms with Gasteiger partial charge in [-0.2, -0.15) is 0 Å². The van der Waals surface area contributed by atoms with Gasteiger partial charge in [0.25, 0.3) is 0 Å². The molecule has 1 aromatic heterocycles. The third-order valence-electron chi connectivity index (χ3n) is 4.96. The molecule has 5 amide bonds. The Bertz CT molecular complexity index is 998. The molecular weight excluding hydrogens is 496 g/mol. The Balaban J connectivity index is 3.00. The lowest BCUT2D eigenvalue weighted by Crippen LogP contribution is -2.57. The van der Waals surface area contributed by atoms with Crippen molar-refractivity contribution in [2.24, 2.45) is 17.2 Å². The summed E-state index contributed by atoms with van der Waals surface area (Å²) in [6.07, 6.45) is 0.448. The van der Waals surface area contributed by atoms with Crippen LogP contribution < -0.4 is 33.2 Å². The molecule has 0 radical (unpaired) electrons. The van der Waals surface area contributed by atoms with E-state index in [9.17, 15) is 43.8 Å². The van der Waals surface area contributed by atoms with Crippen LogP contribution in [0.25, 0.3) is 0 Å². The van der Waals surface area contributed by atoms with Crippen LogP contribution in [0.4, 0.5) is 0 Å². The van der Waals surface area contributed by atoms with Crippen molar-refractivity contribution in [2.45, 2.75) is 62.7 Å². The van der Waals surface area contributed by atoms with Crippen molar-refractivity contribution >= 4 is 41.5 Å². The van der Waals surface area contributed by atoms with Gasteiger partial charge >= 0.3 is 11.9 Å². The van der Waals surface area contributed by atoms with Gasteiger partial charge in [-0.25, -0.2) is 9.78 Å². The number of imidazole rings is 1. The van der Waals surface area contributed by atoms with Gasteiger partial charge in [0.05, 0.1) is 18.8 Å². The summed E-state index contributed by atoms with van der Waals surface area (Å²) in [5.41, 5.74) is 16.2. The summed E-state index contributed by atoms with van der Waals surface area (Å²) in [6, 6.07) is -5.95. The number of nitrogens with two attached hydrogens (primary N) is 3. The minimum absolute atomic E-state index is 0.137. The van der Waals surface area contributed by atoms with Crippen molar-refractivity contribution < 1.29 is 43.8 Å². The lowest BCUT2D eigenvalue weighted by Gasteiger charge is -2.24. The monoisotopic (exact) mass is 526 g/mol. The third-order valence-corrected chi connectivity index (χ3v) is 4.96. The molecule has 12 N–H and O–H groups in total. The van der Waals surface area contributed by atoms with E-state index >= 15 is 0 Å². The molecule has 4 atom stereocenters. The van der Waals surface area contributed by atoms with Gasteiger partial charge in [0, 0.05) is 31.2 Å². The Hall–Kier alpha value is -4.54. The average Bonchev–Trinajstić information content (AvgIpc) is 3.31. The highest BCUT2D eigenvalue weighted by Gasteiger charge is 2.32. The number of rotatable bonds is 17. The Kier molecular flexibility index (Phi) is 12.2. The molecule has 37 heavy (non-hydrogen) atoms. The quantitative estimate of drug-likeness (QED) is 0.0937. The molecule has 1 rings (SSSR count). The molecule has 17 heteroatoms. The first-order valence-corrected chi connectivity index (χ1v) is 10.9. The predicted molar refractivity (Wildman–Crippen MR) is 123 cm³/mol. The van der Waals surface area contributed by atoms with Crippen LogP contribution in [0.15, 0.2) is 12.5 Å². The fourth-order valence-electron chi connectivity index (χ4n) is 3.01. The Morgan fingerprint density at radius 2 is 1.38 bits per heavy atom. The van der Waals surface area contributed by atoms with Gasteiger partial charge in [0.15, 0.2) is 0 Å². The van der Waals surface area contributed by atoms with Gasteiger partial charge in [-0.3, -0.25) is 28.8 Å². The van der Waals surface area contributed by atoms with Gasteiger partial charge in [-0.15, -0.1) is 0 Å². The van der Waals surface area contributed by atoms with Gasteiger partial charge in [-0.1, -0.05) is 0 Å². The molecule has 0 saturated carbocycles. The van der Waals surface area contributed by atoms with Crippen molar-refractivity contribution in [1.82, 2.24) is 25.9 Å². The maximum Gasteiger partial charge on any atom is 0.326 e. The van der Waals surface area contributed by atoms with E-state index in [-0.39, 0.29) is 32.1 Å². The van der Waals surface area contributed by atoms with E-state index in [0.29, 0.717) is 5.69 Å². The van der Waals surface area contributed by atoms with Crippen molar-refractivity contribution in [3.63, 3.8) is 0 Å². The SMILES string of the molecule is NC(=O)CCC(N)C(=O)NC(CCC(N)=O)C(=O)NC(CC(=O)O)C(=O)NC(Cc1cnc[nH]1)C(=O)O. The molecule has 0 aromatic carbocycles. The second-order valence-corrected chi connectivity index (χ2v) is 8.02. The van der Waals surface area contributed by atoms with Crippen molar-refractivity contribution in [3.05, 3.63) is 18.2 Å². The normalized spacial score (nSPS) is 13.9. The van der Waals surface area contributed by atoms with Crippen LogP contribution in [0.2, 0.25) is 0 Å². The number of carbonyl (C=O) groups excluding carboxylic acids is 5. The molecule has 0 bridgehead atoms. The third kappa shape index (κ3) is 11.6. The van der Waals surface area contributed by atoms with Crippen LogP contribution >= 0.6 is 0 Å². The van der Waals surface area contributed by atoms with Gasteiger partial charge in [0.2, 0.25) is 29.5 Å². The van der Waals surface area contributed by atoms with Crippen LogP contribution in [0, 0.1) is 0 Å². The number of carboxylic acids is 2. The van der Waals surface area contributed by atoms with Crippen molar-refractivity contribution in [1.29, 1.82) is 0 Å². The van der Waals surface area contributed by atoms with E-state index in [1.165, 1.54) is 12.5 Å². The molecule has 204 valence electrons. The number of carboxylic acid groups (broad SMARTS) is 2. The maximum atomic E-state index is 12.9. The van der Waals surface area contributed by atoms with E-state index in [2.05, 4.69) is 25.9 Å². The minimum Gasteiger partial charge on any atom is -0.481 e. The molecule has 1 heterocycles. The molecule has 0 saturated heterocycles. The summed E-state index contributed by atoms with van der Waals surface area (Å²) in [5, 5.41) is 25.2. The number of nitrogens with zero attached hydrogens (tertiary/aromatic N) is 1. The van der Waals surface area contributed by atoms with Crippen LogP contribution in [0.1, 0.15) is 37.8 Å². The van der Waals surface area contributed by atoms with Crippen LogP contribution in [-0.2, 0) is 40.0 Å². The lowest BCUT2D eigenvalue weighted by molar-refractivity contribution is -0.143. The zero-order chi connectivity index (χ0) is 28.1. The molecule has 0 aliphatic rings. The van der Waals surface area contributed by atoms with Crippen LogP contribution in [-0.4, -0.2) is 85.8 Å². The molecule has 0 aliphatic heterocycles. The largest absolute Gasteiger partial charge is 0.481 e. The van der Waals surface area contributed by atoms with Crippen LogP contribution in [0.3, 0.4) is 0 Å². The van der Waals surface area contributed by atoms with Crippen molar-refractivity contribution in [2.75, 3.05) is 0 Å². The molecule has 0 fully saturated rings. The zero-order valence-electron chi connectivity index (χ0n) is 19.6. The fourth-order valence-corrected chi connectivity index (χ4v) is 3.01. The standard InChI is InChI=1S/C20H30N8O9/c21-10(1-3-14(22)29)17(33)26-11(2-4-15(23)30)18(34)27-12(6-16(31)32)19(35)28-13(20(36)37)5-9-7-24-8-25-9/h7-8,10-13H,1-6,21H2,(H2,22,29)(H2,23,30)(H,24,25)(H,26,33)(H,27,34)(H,28,35)(H,31,32)(H,36,37). The summed E-state index contributed by atoms with van der Waals surface area (Å²) < 4.78 is 0. The number of H-pyrrole nitrogens is 1. The number of carbonyl (C=O) groups is 7. The number of primary amides is 2. The number of aliphatic carboxylic acids is 2.